The molecule has 0 saturated heterocycles. The summed E-state index contributed by atoms with van der Waals surface area (Å²) < 4.78 is 13.8. The van der Waals surface area contributed by atoms with Crippen LogP contribution in [-0.2, 0) is 0 Å². The van der Waals surface area contributed by atoms with E-state index in [9.17, 15) is 4.39 Å². The Morgan fingerprint density at radius 1 is 1.54 bits per heavy atom. The van der Waals surface area contributed by atoms with E-state index in [1.165, 1.54) is 0 Å². The Labute approximate surface area is 89.5 Å². The molecule has 1 nitrogen and oxygen atoms in total. The fourth-order valence-electron chi connectivity index (χ4n) is 0.881. The maximum atomic E-state index is 13.4. The third kappa shape index (κ3) is 2.53. The second kappa shape index (κ2) is 4.74. The summed E-state index contributed by atoms with van der Waals surface area (Å²) in [6.45, 7) is 0.363. The average Bonchev–Trinajstić information content (AvgIpc) is 2.12. The zero-order chi connectivity index (χ0) is 9.84. The molecule has 0 unspecified atom stereocenters. The molecule has 70 valence electrons. The van der Waals surface area contributed by atoms with Crippen LogP contribution in [0.15, 0.2) is 22.7 Å². The Hall–Kier alpha value is -0.380. The number of halogens is 3. The molecule has 0 spiro atoms. The van der Waals surface area contributed by atoms with E-state index in [0.717, 1.165) is 0 Å². The molecule has 0 fully saturated rings. The number of nitrogens with two attached hydrogens (primary N) is 1. The van der Waals surface area contributed by atoms with Crippen LogP contribution in [0.4, 0.5) is 4.39 Å². The number of hydrogen-bond acceptors (Lipinski definition) is 1. The van der Waals surface area contributed by atoms with Crippen LogP contribution in [0.5, 0.6) is 0 Å². The van der Waals surface area contributed by atoms with Crippen molar-refractivity contribution in [2.24, 2.45) is 5.73 Å². The lowest BCUT2D eigenvalue weighted by Crippen LogP contribution is -1.93. The highest BCUT2D eigenvalue weighted by Crippen LogP contribution is 2.26. The van der Waals surface area contributed by atoms with Crippen LogP contribution in [0.2, 0.25) is 5.02 Å². The van der Waals surface area contributed by atoms with Crippen molar-refractivity contribution < 1.29 is 4.39 Å². The number of rotatable bonds is 2. The van der Waals surface area contributed by atoms with Crippen molar-refractivity contribution in [2.75, 3.05) is 6.54 Å². The lowest BCUT2D eigenvalue weighted by Gasteiger charge is -2.01. The molecule has 0 aromatic heterocycles. The Morgan fingerprint density at radius 2 is 2.23 bits per heavy atom. The van der Waals surface area contributed by atoms with Gasteiger partial charge in [0.1, 0.15) is 5.82 Å². The summed E-state index contributed by atoms with van der Waals surface area (Å²) in [7, 11) is 0. The van der Waals surface area contributed by atoms with E-state index in [-0.39, 0.29) is 5.82 Å². The molecule has 0 aliphatic heterocycles. The van der Waals surface area contributed by atoms with E-state index in [1.54, 1.807) is 24.3 Å². The minimum Gasteiger partial charge on any atom is -0.327 e. The highest BCUT2D eigenvalue weighted by molar-refractivity contribution is 9.10. The third-order valence-corrected chi connectivity index (χ3v) is 2.44. The molecule has 0 radical (unpaired) electrons. The molecular weight excluding hydrogens is 256 g/mol. The van der Waals surface area contributed by atoms with Crippen LogP contribution >= 0.6 is 27.5 Å². The van der Waals surface area contributed by atoms with Crippen molar-refractivity contribution in [3.8, 4) is 0 Å². The van der Waals surface area contributed by atoms with Gasteiger partial charge in [0.25, 0.3) is 0 Å². The smallest absolute Gasteiger partial charge is 0.146 e. The first-order chi connectivity index (χ1) is 6.16. The molecule has 0 bridgehead atoms. The maximum absolute atomic E-state index is 13.4. The predicted octanol–water partition coefficient (Wildman–Crippen LogP) is 3.21. The minimum absolute atomic E-state index is 0.362. The molecule has 0 aliphatic carbocycles. The first-order valence-corrected chi connectivity index (χ1v) is 4.84. The summed E-state index contributed by atoms with van der Waals surface area (Å²) in [4.78, 5) is 0. The van der Waals surface area contributed by atoms with Crippen LogP contribution in [0.3, 0.4) is 0 Å². The third-order valence-electron chi connectivity index (χ3n) is 1.50. The summed E-state index contributed by atoms with van der Waals surface area (Å²) in [5.74, 6) is -0.364. The summed E-state index contributed by atoms with van der Waals surface area (Å²) in [5, 5.41) is 0.380. The normalized spacial score (nSPS) is 11.1. The molecule has 1 aromatic rings. The largest absolute Gasteiger partial charge is 0.327 e. The lowest BCUT2D eigenvalue weighted by atomic mass is 10.2. The monoisotopic (exact) mass is 263 g/mol. The van der Waals surface area contributed by atoms with Crippen molar-refractivity contribution in [3.63, 3.8) is 0 Å². The van der Waals surface area contributed by atoms with Gasteiger partial charge in [0, 0.05) is 12.1 Å². The average molecular weight is 265 g/mol. The molecular formula is C9H8BrClFN. The van der Waals surface area contributed by atoms with Crippen molar-refractivity contribution in [1.82, 2.24) is 0 Å². The first kappa shape index (κ1) is 10.7. The number of benzene rings is 1. The van der Waals surface area contributed by atoms with Crippen molar-refractivity contribution in [1.29, 1.82) is 0 Å². The standard InChI is InChI=1S/C9H8BrClFN/c10-7-3-4-8(11)6(9(7)12)2-1-5-13/h1-4H,5,13H2/b2-1+. The summed E-state index contributed by atoms with van der Waals surface area (Å²) in [5.41, 5.74) is 5.61. The van der Waals surface area contributed by atoms with Gasteiger partial charge in [-0.3, -0.25) is 0 Å². The van der Waals surface area contributed by atoms with E-state index in [2.05, 4.69) is 15.9 Å². The summed E-state index contributed by atoms with van der Waals surface area (Å²) >= 11 is 8.86. The van der Waals surface area contributed by atoms with Gasteiger partial charge in [-0.25, -0.2) is 4.39 Å². The first-order valence-electron chi connectivity index (χ1n) is 3.67. The molecule has 4 heteroatoms. The second-order valence-corrected chi connectivity index (χ2v) is 3.66. The van der Waals surface area contributed by atoms with E-state index < -0.39 is 0 Å². The zero-order valence-corrected chi connectivity index (χ0v) is 9.07. The fraction of sp³-hybridized carbons (Fsp3) is 0.111. The molecule has 0 aliphatic rings. The number of hydrogen-bond donors (Lipinski definition) is 1. The molecule has 2 N–H and O–H groups in total. The van der Waals surface area contributed by atoms with Gasteiger partial charge in [-0.2, -0.15) is 0 Å². The molecule has 1 aromatic carbocycles. The second-order valence-electron chi connectivity index (χ2n) is 2.39. The van der Waals surface area contributed by atoms with Crippen LogP contribution < -0.4 is 5.73 Å². The van der Waals surface area contributed by atoms with Crippen molar-refractivity contribution in [3.05, 3.63) is 39.1 Å². The Morgan fingerprint density at radius 3 is 2.85 bits per heavy atom. The maximum Gasteiger partial charge on any atom is 0.146 e. The highest BCUT2D eigenvalue weighted by Gasteiger charge is 2.07. The van der Waals surface area contributed by atoms with Gasteiger partial charge >= 0.3 is 0 Å². The van der Waals surface area contributed by atoms with Gasteiger partial charge in [-0.15, -0.1) is 0 Å². The molecule has 0 heterocycles. The van der Waals surface area contributed by atoms with Crippen LogP contribution in [-0.4, -0.2) is 6.54 Å². The minimum atomic E-state index is -0.364. The van der Waals surface area contributed by atoms with Gasteiger partial charge < -0.3 is 5.73 Å². The van der Waals surface area contributed by atoms with E-state index in [1.807, 2.05) is 0 Å². The van der Waals surface area contributed by atoms with Crippen molar-refractivity contribution >= 4 is 33.6 Å². The topological polar surface area (TPSA) is 26.0 Å². The van der Waals surface area contributed by atoms with E-state index in [0.29, 0.717) is 21.6 Å². The Bertz CT molecular complexity index is 339. The molecule has 0 atom stereocenters. The quantitative estimate of drug-likeness (QED) is 0.816. The van der Waals surface area contributed by atoms with Gasteiger partial charge in [0.2, 0.25) is 0 Å². The zero-order valence-electron chi connectivity index (χ0n) is 6.73. The van der Waals surface area contributed by atoms with E-state index in [4.69, 9.17) is 17.3 Å². The van der Waals surface area contributed by atoms with E-state index >= 15 is 0 Å². The molecule has 1 rings (SSSR count). The summed E-state index contributed by atoms with van der Waals surface area (Å²) in [6.07, 6.45) is 3.22. The fourth-order valence-corrected chi connectivity index (χ4v) is 1.44. The predicted molar refractivity (Wildman–Crippen MR) is 57.2 cm³/mol. The lowest BCUT2D eigenvalue weighted by molar-refractivity contribution is 0.618. The van der Waals surface area contributed by atoms with Crippen molar-refractivity contribution in [2.45, 2.75) is 0 Å². The Kier molecular flexibility index (Phi) is 3.90. The summed E-state index contributed by atoms with van der Waals surface area (Å²) in [6, 6.07) is 3.20. The Balaban J connectivity index is 3.17. The van der Waals surface area contributed by atoms with Gasteiger partial charge in [-0.1, -0.05) is 23.8 Å². The van der Waals surface area contributed by atoms with Gasteiger partial charge in [0.05, 0.1) is 9.50 Å². The van der Waals surface area contributed by atoms with Crippen LogP contribution in [0, 0.1) is 5.82 Å². The van der Waals surface area contributed by atoms with Crippen LogP contribution in [0.1, 0.15) is 5.56 Å². The molecule has 0 amide bonds. The SMILES string of the molecule is NC/C=C/c1c(Cl)ccc(Br)c1F. The van der Waals surface area contributed by atoms with Gasteiger partial charge in [-0.05, 0) is 28.1 Å². The molecule has 0 saturated carbocycles. The van der Waals surface area contributed by atoms with Gasteiger partial charge in [0.15, 0.2) is 0 Å². The molecule has 13 heavy (non-hydrogen) atoms. The van der Waals surface area contributed by atoms with Crippen LogP contribution in [0.25, 0.3) is 6.08 Å². The highest BCUT2D eigenvalue weighted by atomic mass is 79.9.